The summed E-state index contributed by atoms with van der Waals surface area (Å²) < 4.78 is 27.4. The predicted molar refractivity (Wildman–Crippen MR) is 73.8 cm³/mol. The summed E-state index contributed by atoms with van der Waals surface area (Å²) in [4.78, 5) is 11.6. The van der Waals surface area contributed by atoms with Crippen LogP contribution in [-0.4, -0.2) is 21.0 Å². The van der Waals surface area contributed by atoms with Gasteiger partial charge < -0.3 is 4.74 Å². The third-order valence-corrected chi connectivity index (χ3v) is 3.79. The molecule has 0 aromatic heterocycles. The van der Waals surface area contributed by atoms with Gasteiger partial charge in [-0.25, -0.2) is 13.2 Å². The minimum Gasteiger partial charge on any atom is -0.462 e. The molecule has 0 spiro atoms. The van der Waals surface area contributed by atoms with E-state index < -0.39 is 15.0 Å². The van der Waals surface area contributed by atoms with Crippen molar-refractivity contribution in [3.63, 3.8) is 0 Å². The summed E-state index contributed by atoms with van der Waals surface area (Å²) in [6, 6.07) is 5.48. The highest BCUT2D eigenvalue weighted by Gasteiger charge is 2.15. The number of carbonyl (C=O) groups excluding carboxylic acids is 1. The maximum absolute atomic E-state index is 11.7. The molecule has 0 atom stereocenters. The fourth-order valence-electron chi connectivity index (χ4n) is 1.31. The van der Waals surface area contributed by atoms with Crippen LogP contribution >= 0.6 is 10.7 Å². The first kappa shape index (κ1) is 16.0. The van der Waals surface area contributed by atoms with Crippen LogP contribution in [0, 0.1) is 5.41 Å². The molecular weight excluding hydrogens is 288 g/mol. The van der Waals surface area contributed by atoms with Gasteiger partial charge in [0.25, 0.3) is 9.05 Å². The van der Waals surface area contributed by atoms with E-state index in [2.05, 4.69) is 0 Å². The van der Waals surface area contributed by atoms with E-state index in [-0.39, 0.29) is 15.9 Å². The number of halogens is 1. The molecule has 106 valence electrons. The molecule has 0 N–H and O–H groups in total. The summed E-state index contributed by atoms with van der Waals surface area (Å²) in [6.45, 7) is 6.42. The lowest BCUT2D eigenvalue weighted by Crippen LogP contribution is -2.13. The van der Waals surface area contributed by atoms with Crippen molar-refractivity contribution in [1.82, 2.24) is 0 Å². The number of benzene rings is 1. The number of hydrogen-bond acceptors (Lipinski definition) is 4. The molecule has 1 aromatic carbocycles. The highest BCUT2D eigenvalue weighted by atomic mass is 35.7. The summed E-state index contributed by atoms with van der Waals surface area (Å²) in [6.07, 6.45) is 0.728. The van der Waals surface area contributed by atoms with Crippen molar-refractivity contribution in [2.24, 2.45) is 5.41 Å². The lowest BCUT2D eigenvalue weighted by molar-refractivity contribution is 0.0464. The zero-order valence-corrected chi connectivity index (χ0v) is 12.7. The van der Waals surface area contributed by atoms with E-state index in [4.69, 9.17) is 15.4 Å². The Bertz CT molecular complexity index is 558. The first-order valence-electron chi connectivity index (χ1n) is 5.81. The van der Waals surface area contributed by atoms with Crippen molar-refractivity contribution in [2.45, 2.75) is 32.1 Å². The summed E-state index contributed by atoms with van der Waals surface area (Å²) in [5, 5.41) is 0. The van der Waals surface area contributed by atoms with E-state index in [1.165, 1.54) is 24.3 Å². The van der Waals surface area contributed by atoms with Gasteiger partial charge in [0.2, 0.25) is 0 Å². The third-order valence-electron chi connectivity index (χ3n) is 2.44. The number of rotatable bonds is 4. The molecule has 4 nitrogen and oxygen atoms in total. The first-order chi connectivity index (χ1) is 8.59. The van der Waals surface area contributed by atoms with Gasteiger partial charge in [-0.3, -0.25) is 0 Å². The number of esters is 1. The Morgan fingerprint density at radius 1 is 1.32 bits per heavy atom. The van der Waals surface area contributed by atoms with Crippen LogP contribution < -0.4 is 0 Å². The molecule has 0 aliphatic heterocycles. The van der Waals surface area contributed by atoms with Crippen LogP contribution in [0.2, 0.25) is 0 Å². The Morgan fingerprint density at radius 3 is 2.47 bits per heavy atom. The fourth-order valence-corrected chi connectivity index (χ4v) is 2.10. The average Bonchev–Trinajstić information content (AvgIpc) is 2.26. The topological polar surface area (TPSA) is 60.4 Å². The standard InChI is InChI=1S/C13H17ClO4S/c1-13(2,3)7-8-18-12(15)10-5-4-6-11(9-10)19(14,16)17/h4-6,9H,7-8H2,1-3H3. The van der Waals surface area contributed by atoms with Crippen molar-refractivity contribution < 1.29 is 17.9 Å². The molecule has 0 saturated heterocycles. The van der Waals surface area contributed by atoms with E-state index in [0.717, 1.165) is 6.42 Å². The van der Waals surface area contributed by atoms with E-state index >= 15 is 0 Å². The fraction of sp³-hybridized carbons (Fsp3) is 0.462. The van der Waals surface area contributed by atoms with Crippen LogP contribution in [0.25, 0.3) is 0 Å². The SMILES string of the molecule is CC(C)(C)CCOC(=O)c1cccc(S(=O)(=O)Cl)c1. The van der Waals surface area contributed by atoms with Crippen LogP contribution in [0.4, 0.5) is 0 Å². The van der Waals surface area contributed by atoms with Gasteiger partial charge in [-0.2, -0.15) is 0 Å². The van der Waals surface area contributed by atoms with Crippen molar-refractivity contribution >= 4 is 25.7 Å². The van der Waals surface area contributed by atoms with Gasteiger partial charge in [-0.05, 0) is 30.0 Å². The van der Waals surface area contributed by atoms with E-state index in [0.29, 0.717) is 6.61 Å². The van der Waals surface area contributed by atoms with Crippen LogP contribution in [0.1, 0.15) is 37.6 Å². The molecule has 0 aliphatic rings. The highest BCUT2D eigenvalue weighted by molar-refractivity contribution is 8.13. The Morgan fingerprint density at radius 2 is 1.95 bits per heavy atom. The molecule has 0 saturated carbocycles. The van der Waals surface area contributed by atoms with Crippen molar-refractivity contribution in [2.75, 3.05) is 6.61 Å². The van der Waals surface area contributed by atoms with Gasteiger partial charge >= 0.3 is 5.97 Å². The third kappa shape index (κ3) is 5.61. The first-order valence-corrected chi connectivity index (χ1v) is 8.12. The second-order valence-corrected chi connectivity index (χ2v) is 7.98. The predicted octanol–water partition coefficient (Wildman–Crippen LogP) is 3.21. The minimum atomic E-state index is -3.84. The second kappa shape index (κ2) is 5.92. The van der Waals surface area contributed by atoms with E-state index in [1.807, 2.05) is 20.8 Å². The molecule has 0 radical (unpaired) electrons. The minimum absolute atomic E-state index is 0.0710. The van der Waals surface area contributed by atoms with Gasteiger partial charge in [0.05, 0.1) is 17.1 Å². The Balaban J connectivity index is 2.73. The van der Waals surface area contributed by atoms with Gasteiger partial charge in [0.1, 0.15) is 0 Å². The molecule has 1 aromatic rings. The van der Waals surface area contributed by atoms with Gasteiger partial charge in [0.15, 0.2) is 0 Å². The van der Waals surface area contributed by atoms with Crippen molar-refractivity contribution in [3.8, 4) is 0 Å². The summed E-state index contributed by atoms with van der Waals surface area (Å²) >= 11 is 0. The maximum atomic E-state index is 11.7. The zero-order chi connectivity index (χ0) is 14.7. The molecule has 0 heterocycles. The maximum Gasteiger partial charge on any atom is 0.338 e. The van der Waals surface area contributed by atoms with E-state index in [1.54, 1.807) is 0 Å². The highest BCUT2D eigenvalue weighted by Crippen LogP contribution is 2.19. The van der Waals surface area contributed by atoms with Gasteiger partial charge in [-0.15, -0.1) is 0 Å². The molecule has 0 unspecified atom stereocenters. The molecule has 19 heavy (non-hydrogen) atoms. The summed E-state index contributed by atoms with van der Waals surface area (Å²) in [7, 11) is 1.38. The largest absolute Gasteiger partial charge is 0.462 e. The number of ether oxygens (including phenoxy) is 1. The second-order valence-electron chi connectivity index (χ2n) is 5.41. The Kier molecular flexibility index (Phi) is 4.98. The quantitative estimate of drug-likeness (QED) is 0.633. The Hall–Kier alpha value is -1.07. The molecule has 0 bridgehead atoms. The molecule has 1 rings (SSSR count). The van der Waals surface area contributed by atoms with E-state index in [9.17, 15) is 13.2 Å². The molecule has 0 fully saturated rings. The summed E-state index contributed by atoms with van der Waals surface area (Å²) in [5.41, 5.74) is 0.248. The number of hydrogen-bond donors (Lipinski definition) is 0. The lowest BCUT2D eigenvalue weighted by atomic mass is 9.93. The monoisotopic (exact) mass is 304 g/mol. The smallest absolute Gasteiger partial charge is 0.338 e. The molecule has 0 amide bonds. The lowest BCUT2D eigenvalue weighted by Gasteiger charge is -2.17. The van der Waals surface area contributed by atoms with Crippen molar-refractivity contribution in [3.05, 3.63) is 29.8 Å². The van der Waals surface area contributed by atoms with Crippen LogP contribution in [0.15, 0.2) is 29.2 Å². The normalized spacial score (nSPS) is 12.2. The Labute approximate surface area is 118 Å². The number of carbonyl (C=O) groups is 1. The molecule has 0 aliphatic carbocycles. The van der Waals surface area contributed by atoms with Gasteiger partial charge in [-0.1, -0.05) is 26.8 Å². The zero-order valence-electron chi connectivity index (χ0n) is 11.1. The molecule has 6 heteroatoms. The van der Waals surface area contributed by atoms with Crippen LogP contribution in [-0.2, 0) is 13.8 Å². The van der Waals surface area contributed by atoms with Crippen LogP contribution in [0.5, 0.6) is 0 Å². The summed E-state index contributed by atoms with van der Waals surface area (Å²) in [5.74, 6) is -0.550. The average molecular weight is 305 g/mol. The van der Waals surface area contributed by atoms with Crippen LogP contribution in [0.3, 0.4) is 0 Å². The molecular formula is C13H17ClO4S. The van der Waals surface area contributed by atoms with Crippen molar-refractivity contribution in [1.29, 1.82) is 0 Å². The van der Waals surface area contributed by atoms with Gasteiger partial charge in [0, 0.05) is 10.7 Å².